The fraction of sp³-hybridized carbons (Fsp3) is 0.250. The number of nitro groups is 1. The minimum absolute atomic E-state index is 0.0719. The van der Waals surface area contributed by atoms with E-state index < -0.39 is 4.92 Å². The molecule has 0 bridgehead atoms. The van der Waals surface area contributed by atoms with E-state index in [1.807, 2.05) is 32.0 Å². The Hall–Kier alpha value is -3.16. The third kappa shape index (κ3) is 4.67. The summed E-state index contributed by atoms with van der Waals surface area (Å²) < 4.78 is 11.0. The third-order valence-corrected chi connectivity index (χ3v) is 2.92. The Balaban J connectivity index is 2.05. The normalized spacial score (nSPS) is 10.6. The van der Waals surface area contributed by atoms with Gasteiger partial charge in [-0.2, -0.15) is 5.10 Å². The van der Waals surface area contributed by atoms with Crippen LogP contribution in [0, 0.1) is 10.1 Å². The minimum Gasteiger partial charge on any atom is -0.490 e. The lowest BCUT2D eigenvalue weighted by Gasteiger charge is -2.11. The molecule has 0 unspecified atom stereocenters. The number of nitrogens with zero attached hydrogens (tertiary/aromatic N) is 3. The van der Waals surface area contributed by atoms with Crippen molar-refractivity contribution < 1.29 is 14.4 Å². The molecule has 0 spiro atoms. The quantitative estimate of drug-likeness (QED) is 0.453. The smallest absolute Gasteiger partial charge is 0.287 e. The number of rotatable bonds is 8. The van der Waals surface area contributed by atoms with Crippen LogP contribution in [0.4, 0.5) is 11.5 Å². The second-order valence-corrected chi connectivity index (χ2v) is 4.60. The molecule has 0 aliphatic rings. The molecule has 24 heavy (non-hydrogen) atoms. The monoisotopic (exact) mass is 330 g/mol. The molecule has 0 amide bonds. The van der Waals surface area contributed by atoms with Crippen molar-refractivity contribution in [3.63, 3.8) is 0 Å². The highest BCUT2D eigenvalue weighted by molar-refractivity contribution is 5.81. The van der Waals surface area contributed by atoms with Gasteiger partial charge in [-0.05, 0) is 43.7 Å². The van der Waals surface area contributed by atoms with Gasteiger partial charge >= 0.3 is 0 Å². The Labute approximate surface area is 139 Å². The minimum atomic E-state index is -0.505. The van der Waals surface area contributed by atoms with E-state index in [1.54, 1.807) is 6.21 Å². The van der Waals surface area contributed by atoms with Crippen molar-refractivity contribution in [1.82, 2.24) is 4.98 Å². The van der Waals surface area contributed by atoms with Crippen LogP contribution < -0.4 is 14.9 Å². The molecular weight excluding hydrogens is 312 g/mol. The summed E-state index contributed by atoms with van der Waals surface area (Å²) in [7, 11) is 0. The molecule has 1 aromatic carbocycles. The van der Waals surface area contributed by atoms with Crippen molar-refractivity contribution >= 4 is 17.7 Å². The van der Waals surface area contributed by atoms with Gasteiger partial charge in [0, 0.05) is 6.07 Å². The zero-order chi connectivity index (χ0) is 17.4. The van der Waals surface area contributed by atoms with Gasteiger partial charge in [0.05, 0.1) is 24.4 Å². The predicted molar refractivity (Wildman–Crippen MR) is 90.9 cm³/mol. The average Bonchev–Trinajstić information content (AvgIpc) is 2.58. The molecule has 0 fully saturated rings. The lowest BCUT2D eigenvalue weighted by Crippen LogP contribution is -1.99. The summed E-state index contributed by atoms with van der Waals surface area (Å²) in [5.41, 5.74) is 3.46. The number of anilines is 1. The van der Waals surface area contributed by atoms with Crippen molar-refractivity contribution in [1.29, 1.82) is 0 Å². The standard InChI is InChI=1S/C16H18N4O4/c1-3-23-14-7-5-12(9-15(14)24-4-2)10-18-19-16-8-6-13(11-17-16)20(21)22/h5-11H,3-4H2,1-2H3,(H,17,19)/b18-10+. The first-order valence-electron chi connectivity index (χ1n) is 7.43. The fourth-order valence-corrected chi connectivity index (χ4v) is 1.88. The van der Waals surface area contributed by atoms with E-state index in [2.05, 4.69) is 15.5 Å². The molecule has 8 nitrogen and oxygen atoms in total. The van der Waals surface area contributed by atoms with Crippen LogP contribution in [0.15, 0.2) is 41.6 Å². The molecule has 0 saturated heterocycles. The second kappa shape index (κ2) is 8.47. The molecule has 0 atom stereocenters. The maximum atomic E-state index is 10.6. The summed E-state index contributed by atoms with van der Waals surface area (Å²) in [6, 6.07) is 8.33. The number of aromatic nitrogens is 1. The van der Waals surface area contributed by atoms with Crippen molar-refractivity contribution in [2.45, 2.75) is 13.8 Å². The van der Waals surface area contributed by atoms with Crippen LogP contribution >= 0.6 is 0 Å². The van der Waals surface area contributed by atoms with Gasteiger partial charge in [0.2, 0.25) is 0 Å². The largest absolute Gasteiger partial charge is 0.490 e. The zero-order valence-electron chi connectivity index (χ0n) is 13.4. The summed E-state index contributed by atoms with van der Waals surface area (Å²) in [5, 5.41) is 14.6. The molecule has 0 saturated carbocycles. The van der Waals surface area contributed by atoms with E-state index in [0.717, 1.165) is 5.56 Å². The Morgan fingerprint density at radius 3 is 2.58 bits per heavy atom. The van der Waals surface area contributed by atoms with E-state index in [1.165, 1.54) is 18.3 Å². The second-order valence-electron chi connectivity index (χ2n) is 4.60. The Kier molecular flexibility index (Phi) is 6.07. The molecule has 0 aliphatic carbocycles. The van der Waals surface area contributed by atoms with Crippen molar-refractivity contribution in [3.8, 4) is 11.5 Å². The molecule has 0 radical (unpaired) electrons. The van der Waals surface area contributed by atoms with Gasteiger partial charge in [0.1, 0.15) is 12.0 Å². The van der Waals surface area contributed by atoms with E-state index in [0.29, 0.717) is 30.5 Å². The summed E-state index contributed by atoms with van der Waals surface area (Å²) in [6.07, 6.45) is 2.77. The van der Waals surface area contributed by atoms with Crippen LogP contribution in [0.2, 0.25) is 0 Å². The zero-order valence-corrected chi connectivity index (χ0v) is 13.4. The first kappa shape index (κ1) is 17.2. The molecule has 0 aliphatic heterocycles. The maximum absolute atomic E-state index is 10.6. The van der Waals surface area contributed by atoms with Gasteiger partial charge in [-0.25, -0.2) is 4.98 Å². The Bertz CT molecular complexity index is 717. The number of hydrazone groups is 1. The van der Waals surface area contributed by atoms with Gasteiger partial charge in [0.25, 0.3) is 5.69 Å². The first-order chi connectivity index (χ1) is 11.6. The Morgan fingerprint density at radius 1 is 1.21 bits per heavy atom. The average molecular weight is 330 g/mol. The molecule has 2 rings (SSSR count). The van der Waals surface area contributed by atoms with E-state index in [9.17, 15) is 10.1 Å². The third-order valence-electron chi connectivity index (χ3n) is 2.92. The van der Waals surface area contributed by atoms with Crippen LogP contribution in [0.25, 0.3) is 0 Å². The van der Waals surface area contributed by atoms with E-state index in [4.69, 9.17) is 9.47 Å². The highest BCUT2D eigenvalue weighted by Gasteiger charge is 2.06. The number of hydrogen-bond donors (Lipinski definition) is 1. The van der Waals surface area contributed by atoms with E-state index in [-0.39, 0.29) is 5.69 Å². The highest BCUT2D eigenvalue weighted by Crippen LogP contribution is 2.28. The molecule has 1 heterocycles. The molecule has 1 aromatic heterocycles. The summed E-state index contributed by atoms with van der Waals surface area (Å²) in [6.45, 7) is 4.90. The molecule has 8 heteroatoms. The van der Waals surface area contributed by atoms with Crippen LogP contribution in [-0.4, -0.2) is 29.3 Å². The summed E-state index contributed by atoms with van der Waals surface area (Å²) in [5.74, 6) is 1.74. The number of benzene rings is 1. The summed E-state index contributed by atoms with van der Waals surface area (Å²) >= 11 is 0. The first-order valence-corrected chi connectivity index (χ1v) is 7.43. The topological polar surface area (TPSA) is 98.9 Å². The SMILES string of the molecule is CCOc1ccc(/C=N/Nc2ccc([N+](=O)[O-])cn2)cc1OCC. The Morgan fingerprint density at radius 2 is 1.96 bits per heavy atom. The van der Waals surface area contributed by atoms with Crippen LogP contribution in [0.3, 0.4) is 0 Å². The van der Waals surface area contributed by atoms with Gasteiger partial charge in [-0.3, -0.25) is 15.5 Å². The lowest BCUT2D eigenvalue weighted by atomic mass is 10.2. The number of nitrogens with one attached hydrogen (secondary N) is 1. The van der Waals surface area contributed by atoms with E-state index >= 15 is 0 Å². The molecule has 126 valence electrons. The van der Waals surface area contributed by atoms with Crippen molar-refractivity contribution in [3.05, 3.63) is 52.2 Å². The molecular formula is C16H18N4O4. The predicted octanol–water partition coefficient (Wildman–Crippen LogP) is 3.23. The molecule has 2 aromatic rings. The van der Waals surface area contributed by atoms with Crippen molar-refractivity contribution in [2.75, 3.05) is 18.6 Å². The van der Waals surface area contributed by atoms with Crippen LogP contribution in [-0.2, 0) is 0 Å². The van der Waals surface area contributed by atoms with Gasteiger partial charge in [0.15, 0.2) is 11.5 Å². The van der Waals surface area contributed by atoms with Gasteiger partial charge in [-0.15, -0.1) is 0 Å². The van der Waals surface area contributed by atoms with Crippen LogP contribution in [0.5, 0.6) is 11.5 Å². The van der Waals surface area contributed by atoms with Gasteiger partial charge < -0.3 is 9.47 Å². The highest BCUT2D eigenvalue weighted by atomic mass is 16.6. The fourth-order valence-electron chi connectivity index (χ4n) is 1.88. The number of hydrogen-bond acceptors (Lipinski definition) is 7. The van der Waals surface area contributed by atoms with Crippen LogP contribution in [0.1, 0.15) is 19.4 Å². The summed E-state index contributed by atoms with van der Waals surface area (Å²) in [4.78, 5) is 14.0. The lowest BCUT2D eigenvalue weighted by molar-refractivity contribution is -0.385. The van der Waals surface area contributed by atoms with Gasteiger partial charge in [-0.1, -0.05) is 0 Å². The maximum Gasteiger partial charge on any atom is 0.287 e. The number of ether oxygens (including phenoxy) is 2. The van der Waals surface area contributed by atoms with Crippen molar-refractivity contribution in [2.24, 2.45) is 5.10 Å². The number of pyridine rings is 1. The molecule has 1 N–H and O–H groups in total.